The molecule has 0 saturated heterocycles. The third kappa shape index (κ3) is 70.1. The predicted octanol–water partition coefficient (Wildman–Crippen LogP) is 23.3. The summed E-state index contributed by atoms with van der Waals surface area (Å²) in [6.07, 6.45) is 89.1. The summed E-state index contributed by atoms with van der Waals surface area (Å²) in [5.41, 5.74) is 0. The molecule has 0 aromatic rings. The van der Waals surface area contributed by atoms with Crippen LogP contribution in [0.5, 0.6) is 0 Å². The average Bonchev–Trinajstić information content (AvgIpc) is 3.57. The van der Waals surface area contributed by atoms with Crippen LogP contribution in [0.4, 0.5) is 0 Å². The summed E-state index contributed by atoms with van der Waals surface area (Å²) in [6.45, 7) is 4.78. The first-order valence-electron chi connectivity index (χ1n) is 37.1. The van der Waals surface area contributed by atoms with Crippen molar-refractivity contribution < 1.29 is 42.9 Å². The summed E-state index contributed by atoms with van der Waals surface area (Å²) < 4.78 is 23.0. The molecule has 0 radical (unpaired) electrons. The summed E-state index contributed by atoms with van der Waals surface area (Å²) in [7, 11) is 5.98. The second-order valence-corrected chi connectivity index (χ2v) is 26.2. The standard InChI is InChI=1S/C78H141NO8/c1-6-8-10-12-14-16-18-20-22-24-26-28-29-30-31-32-33-34-35-36-37-38-39-40-41-42-43-44-45-46-47-49-50-52-54-56-58-60-62-64-66-68-75(80)85-72-74(73-86-78(77(82)83)84-71-70-79(3,4)5)87-76(81)69-67-65-63-61-59-57-55-53-51-48-27-25-23-21-19-17-15-13-11-9-7-2/h9,11,15,17-18,20-21,23-24,26-27,48,74,78H,6-8,10,12-14,16,19,22,25,28-47,49-73H2,1-5H3/p+1/b11-9-,17-15-,20-18-,23-21-,26-24-,48-27-. The Morgan fingerprint density at radius 3 is 0.977 bits per heavy atom. The first kappa shape index (κ1) is 83.7. The van der Waals surface area contributed by atoms with Crippen LogP contribution in [0, 0.1) is 0 Å². The number of quaternary nitrogens is 1. The van der Waals surface area contributed by atoms with Crippen molar-refractivity contribution in [3.05, 3.63) is 72.9 Å². The molecule has 0 bridgehead atoms. The Kier molecular flexibility index (Phi) is 66.1. The molecule has 9 heteroatoms. The number of carbonyl (C=O) groups excluding carboxylic acids is 2. The maximum absolute atomic E-state index is 12.9. The molecule has 0 aliphatic heterocycles. The summed E-state index contributed by atoms with van der Waals surface area (Å²) in [6, 6.07) is 0. The van der Waals surface area contributed by atoms with Crippen molar-refractivity contribution in [2.45, 2.75) is 360 Å². The van der Waals surface area contributed by atoms with E-state index in [2.05, 4.69) is 86.8 Å². The first-order chi connectivity index (χ1) is 42.6. The maximum atomic E-state index is 12.9. The fraction of sp³-hybridized carbons (Fsp3) is 0.808. The van der Waals surface area contributed by atoms with Gasteiger partial charge in [-0.1, -0.05) is 324 Å². The summed E-state index contributed by atoms with van der Waals surface area (Å²) >= 11 is 0. The van der Waals surface area contributed by atoms with Gasteiger partial charge in [0.1, 0.15) is 13.2 Å². The molecule has 0 fully saturated rings. The lowest BCUT2D eigenvalue weighted by Crippen LogP contribution is -2.40. The van der Waals surface area contributed by atoms with Crippen LogP contribution in [0.2, 0.25) is 0 Å². The number of nitrogens with zero attached hydrogens (tertiary/aromatic N) is 1. The predicted molar refractivity (Wildman–Crippen MR) is 373 cm³/mol. The number of rotatable bonds is 69. The van der Waals surface area contributed by atoms with Gasteiger partial charge in [0, 0.05) is 12.8 Å². The molecule has 0 spiro atoms. The van der Waals surface area contributed by atoms with Gasteiger partial charge in [0.15, 0.2) is 6.10 Å². The fourth-order valence-corrected chi connectivity index (χ4v) is 10.8. The molecule has 0 aliphatic carbocycles. The Balaban J connectivity index is 3.94. The molecule has 1 N–H and O–H groups in total. The zero-order valence-electron chi connectivity index (χ0n) is 57.9. The summed E-state index contributed by atoms with van der Waals surface area (Å²) in [4.78, 5) is 37.6. The summed E-state index contributed by atoms with van der Waals surface area (Å²) in [5, 5.41) is 9.74. The highest BCUT2D eigenvalue weighted by molar-refractivity contribution is 5.71. The molecule has 9 nitrogen and oxygen atoms in total. The first-order valence-corrected chi connectivity index (χ1v) is 37.1. The number of allylic oxidation sites excluding steroid dienone is 12. The number of carbonyl (C=O) groups is 3. The number of likely N-dealkylation sites (N-methyl/N-ethyl adjacent to an activating group) is 1. The lowest BCUT2D eigenvalue weighted by Gasteiger charge is -2.25. The van der Waals surface area contributed by atoms with Crippen molar-refractivity contribution in [3.8, 4) is 0 Å². The number of unbranched alkanes of at least 4 members (excludes halogenated alkanes) is 42. The van der Waals surface area contributed by atoms with E-state index in [4.69, 9.17) is 18.9 Å². The van der Waals surface area contributed by atoms with E-state index in [0.29, 0.717) is 23.9 Å². The molecular weight excluding hydrogens is 1080 g/mol. The second kappa shape index (κ2) is 68.6. The quantitative estimate of drug-likeness (QED) is 0.0211. The highest BCUT2D eigenvalue weighted by Gasteiger charge is 2.25. The smallest absolute Gasteiger partial charge is 0.361 e. The van der Waals surface area contributed by atoms with Crippen molar-refractivity contribution in [2.24, 2.45) is 0 Å². The Morgan fingerprint density at radius 2 is 0.655 bits per heavy atom. The maximum Gasteiger partial charge on any atom is 0.361 e. The number of esters is 2. The van der Waals surface area contributed by atoms with Crippen molar-refractivity contribution in [1.29, 1.82) is 0 Å². The van der Waals surface area contributed by atoms with E-state index in [9.17, 15) is 19.5 Å². The molecule has 0 amide bonds. The molecular formula is C78H142NO8+. The molecule has 0 saturated carbocycles. The van der Waals surface area contributed by atoms with Gasteiger partial charge in [0.25, 0.3) is 6.29 Å². The lowest BCUT2D eigenvalue weighted by molar-refractivity contribution is -0.870. The van der Waals surface area contributed by atoms with E-state index in [1.165, 1.54) is 238 Å². The van der Waals surface area contributed by atoms with Crippen molar-refractivity contribution >= 4 is 17.9 Å². The molecule has 506 valence electrons. The third-order valence-corrected chi connectivity index (χ3v) is 16.4. The van der Waals surface area contributed by atoms with Gasteiger partial charge < -0.3 is 28.5 Å². The zero-order chi connectivity index (χ0) is 63.3. The normalized spacial score (nSPS) is 13.1. The third-order valence-electron chi connectivity index (χ3n) is 16.4. The van der Waals surface area contributed by atoms with Crippen LogP contribution in [0.1, 0.15) is 348 Å². The van der Waals surface area contributed by atoms with Gasteiger partial charge in [-0.15, -0.1) is 0 Å². The molecule has 0 aromatic carbocycles. The van der Waals surface area contributed by atoms with Gasteiger partial charge in [-0.05, 0) is 83.5 Å². The highest BCUT2D eigenvalue weighted by atomic mass is 16.7. The Labute approximate surface area is 538 Å². The topological polar surface area (TPSA) is 108 Å². The fourth-order valence-electron chi connectivity index (χ4n) is 10.8. The van der Waals surface area contributed by atoms with E-state index >= 15 is 0 Å². The van der Waals surface area contributed by atoms with Crippen molar-refractivity contribution in [1.82, 2.24) is 0 Å². The lowest BCUT2D eigenvalue weighted by atomic mass is 10.0. The number of carboxylic acid groups (broad SMARTS) is 1. The molecule has 0 heterocycles. The van der Waals surface area contributed by atoms with Gasteiger partial charge in [0.2, 0.25) is 0 Å². The van der Waals surface area contributed by atoms with Crippen LogP contribution >= 0.6 is 0 Å². The van der Waals surface area contributed by atoms with Gasteiger partial charge in [-0.3, -0.25) is 9.59 Å². The highest BCUT2D eigenvalue weighted by Crippen LogP contribution is 2.19. The van der Waals surface area contributed by atoms with Crippen molar-refractivity contribution in [2.75, 3.05) is 47.5 Å². The van der Waals surface area contributed by atoms with E-state index < -0.39 is 24.3 Å². The minimum atomic E-state index is -1.51. The van der Waals surface area contributed by atoms with Gasteiger partial charge in [-0.25, -0.2) is 4.79 Å². The average molecular weight is 1220 g/mol. The molecule has 2 atom stereocenters. The number of aliphatic carboxylic acids is 1. The molecule has 0 aromatic heterocycles. The van der Waals surface area contributed by atoms with Crippen LogP contribution in [0.15, 0.2) is 72.9 Å². The summed E-state index contributed by atoms with van der Waals surface area (Å²) in [5.74, 6) is -2.00. The minimum absolute atomic E-state index is 0.184. The number of hydrogen-bond acceptors (Lipinski definition) is 7. The largest absolute Gasteiger partial charge is 0.477 e. The number of ether oxygens (including phenoxy) is 4. The minimum Gasteiger partial charge on any atom is -0.477 e. The zero-order valence-corrected chi connectivity index (χ0v) is 57.9. The molecule has 2 unspecified atom stereocenters. The van der Waals surface area contributed by atoms with Gasteiger partial charge in [0.05, 0.1) is 34.4 Å². The molecule has 87 heavy (non-hydrogen) atoms. The van der Waals surface area contributed by atoms with Crippen LogP contribution in [-0.2, 0) is 33.3 Å². The molecule has 0 aliphatic rings. The second-order valence-electron chi connectivity index (χ2n) is 26.2. The van der Waals surface area contributed by atoms with Crippen LogP contribution in [-0.4, -0.2) is 87.4 Å². The van der Waals surface area contributed by atoms with E-state index in [0.717, 1.165) is 77.0 Å². The molecule has 0 rings (SSSR count). The van der Waals surface area contributed by atoms with E-state index in [1.807, 2.05) is 21.1 Å². The van der Waals surface area contributed by atoms with Crippen LogP contribution in [0.3, 0.4) is 0 Å². The van der Waals surface area contributed by atoms with Crippen LogP contribution < -0.4 is 0 Å². The van der Waals surface area contributed by atoms with Crippen LogP contribution in [0.25, 0.3) is 0 Å². The number of carboxylic acids is 1. The van der Waals surface area contributed by atoms with E-state index in [1.54, 1.807) is 0 Å². The van der Waals surface area contributed by atoms with E-state index in [-0.39, 0.29) is 32.2 Å². The Bertz CT molecular complexity index is 1660. The SMILES string of the molecule is CC/C=C\C/C=C\C/C=C\C/C=C\CCCCCCCCCCC(=O)OC(COC(=O)CCCCCCCCCCCCCCCCCCCCCCCCCCCCCCC/C=C\C/C=C\CCCCCCC)COC(OCC[N+](C)(C)C)C(=O)O. The Morgan fingerprint density at radius 1 is 0.356 bits per heavy atom. The Hall–Kier alpha value is -3.27. The monoisotopic (exact) mass is 1220 g/mol. The number of hydrogen-bond donors (Lipinski definition) is 1. The van der Waals surface area contributed by atoms with Gasteiger partial charge in [-0.2, -0.15) is 0 Å². The van der Waals surface area contributed by atoms with Gasteiger partial charge >= 0.3 is 17.9 Å². The van der Waals surface area contributed by atoms with Crippen molar-refractivity contribution in [3.63, 3.8) is 0 Å².